The first-order valence-corrected chi connectivity index (χ1v) is 11.9. The molecule has 2 aromatic carbocycles. The van der Waals surface area contributed by atoms with Crippen molar-refractivity contribution in [2.75, 3.05) is 31.3 Å². The molecule has 2 rings (SSSR count). The Labute approximate surface area is 185 Å². The molecule has 0 unspecified atom stereocenters. The van der Waals surface area contributed by atoms with Crippen molar-refractivity contribution >= 4 is 21.6 Å². The summed E-state index contributed by atoms with van der Waals surface area (Å²) in [7, 11) is -0.478. The Balaban J connectivity index is 2.23. The topological polar surface area (TPSA) is 84.9 Å². The number of ether oxygens (including phenoxy) is 2. The molecule has 0 saturated carbocycles. The van der Waals surface area contributed by atoms with Gasteiger partial charge in [0.05, 0.1) is 32.2 Å². The van der Waals surface area contributed by atoms with Gasteiger partial charge in [0.2, 0.25) is 15.9 Å². The van der Waals surface area contributed by atoms with Gasteiger partial charge in [0.25, 0.3) is 0 Å². The van der Waals surface area contributed by atoms with Gasteiger partial charge in [-0.15, -0.1) is 0 Å². The van der Waals surface area contributed by atoms with E-state index in [9.17, 15) is 13.2 Å². The summed E-state index contributed by atoms with van der Waals surface area (Å²) in [5, 5.41) is 2.92. The Morgan fingerprint density at radius 3 is 2.13 bits per heavy atom. The number of hydrogen-bond acceptors (Lipinski definition) is 5. The molecule has 0 aliphatic rings. The highest BCUT2D eigenvalue weighted by Crippen LogP contribution is 2.32. The van der Waals surface area contributed by atoms with Gasteiger partial charge in [0.1, 0.15) is 18.0 Å². The molecule has 31 heavy (non-hydrogen) atoms. The van der Waals surface area contributed by atoms with E-state index in [1.807, 2.05) is 26.0 Å². The number of aryl methyl sites for hydroxylation is 1. The van der Waals surface area contributed by atoms with Crippen LogP contribution in [0.2, 0.25) is 0 Å². The summed E-state index contributed by atoms with van der Waals surface area (Å²) in [4.78, 5) is 12.8. The standard InChI is InChI=1S/C23H32N2O5S/c1-15(2)20-13-21(16(3)12-22(20)30-6)17(4)24-23(26)14-25(31(7,27)28)18-8-10-19(29-5)11-9-18/h8-13,15,17H,14H2,1-7H3,(H,24,26)/t17-/m0/s1. The molecule has 0 fully saturated rings. The van der Waals surface area contributed by atoms with E-state index in [-0.39, 0.29) is 18.5 Å². The summed E-state index contributed by atoms with van der Waals surface area (Å²) < 4.78 is 36.3. The van der Waals surface area contributed by atoms with Gasteiger partial charge in [0.15, 0.2) is 0 Å². The third kappa shape index (κ3) is 6.13. The summed E-state index contributed by atoms with van der Waals surface area (Å²) in [5.41, 5.74) is 3.41. The van der Waals surface area contributed by atoms with Gasteiger partial charge in [0, 0.05) is 0 Å². The molecular weight excluding hydrogens is 416 g/mol. The molecule has 1 amide bonds. The first kappa shape index (κ1) is 24.5. The van der Waals surface area contributed by atoms with Gasteiger partial charge in [-0.3, -0.25) is 9.10 Å². The molecule has 0 aliphatic heterocycles. The normalized spacial score (nSPS) is 12.4. The molecule has 0 bridgehead atoms. The summed E-state index contributed by atoms with van der Waals surface area (Å²) >= 11 is 0. The van der Waals surface area contributed by atoms with Crippen molar-refractivity contribution in [1.29, 1.82) is 0 Å². The first-order valence-electron chi connectivity index (χ1n) is 10.1. The quantitative estimate of drug-likeness (QED) is 0.631. The molecule has 7 nitrogen and oxygen atoms in total. The van der Waals surface area contributed by atoms with Crippen LogP contribution in [0.5, 0.6) is 11.5 Å². The summed E-state index contributed by atoms with van der Waals surface area (Å²) in [5.74, 6) is 1.28. The maximum Gasteiger partial charge on any atom is 0.241 e. The number of anilines is 1. The number of nitrogens with one attached hydrogen (secondary N) is 1. The van der Waals surface area contributed by atoms with Gasteiger partial charge in [-0.1, -0.05) is 13.8 Å². The van der Waals surface area contributed by atoms with Crippen molar-refractivity contribution in [3.05, 3.63) is 53.1 Å². The van der Waals surface area contributed by atoms with Gasteiger partial charge >= 0.3 is 0 Å². The van der Waals surface area contributed by atoms with Gasteiger partial charge in [-0.2, -0.15) is 0 Å². The molecule has 0 radical (unpaired) electrons. The fraction of sp³-hybridized carbons (Fsp3) is 0.435. The van der Waals surface area contributed by atoms with E-state index in [1.165, 1.54) is 7.11 Å². The second-order valence-electron chi connectivity index (χ2n) is 7.86. The predicted octanol–water partition coefficient (Wildman–Crippen LogP) is 3.78. The lowest BCUT2D eigenvalue weighted by atomic mass is 9.93. The van der Waals surface area contributed by atoms with Crippen molar-refractivity contribution in [1.82, 2.24) is 5.32 Å². The molecule has 0 saturated heterocycles. The summed E-state index contributed by atoms with van der Waals surface area (Å²) in [6.07, 6.45) is 1.08. The molecule has 0 spiro atoms. The maximum atomic E-state index is 12.8. The van der Waals surface area contributed by atoms with Crippen molar-refractivity contribution in [3.8, 4) is 11.5 Å². The fourth-order valence-corrected chi connectivity index (χ4v) is 4.31. The average Bonchev–Trinajstić information content (AvgIpc) is 2.70. The Bertz CT molecular complexity index is 1020. The molecule has 8 heteroatoms. The van der Waals surface area contributed by atoms with E-state index in [0.717, 1.165) is 33.0 Å². The molecule has 0 aliphatic carbocycles. The fourth-order valence-electron chi connectivity index (χ4n) is 3.45. The van der Waals surface area contributed by atoms with E-state index in [1.54, 1.807) is 31.4 Å². The minimum absolute atomic E-state index is 0.257. The zero-order valence-electron chi connectivity index (χ0n) is 19.2. The lowest BCUT2D eigenvalue weighted by molar-refractivity contribution is -0.120. The van der Waals surface area contributed by atoms with Crippen LogP contribution in [0.4, 0.5) is 5.69 Å². The van der Waals surface area contributed by atoms with E-state index in [2.05, 4.69) is 19.2 Å². The molecule has 170 valence electrons. The summed E-state index contributed by atoms with van der Waals surface area (Å²) in [6.45, 7) is 7.69. The van der Waals surface area contributed by atoms with Crippen LogP contribution in [0.3, 0.4) is 0 Å². The van der Waals surface area contributed by atoms with E-state index < -0.39 is 15.9 Å². The summed E-state index contributed by atoms with van der Waals surface area (Å²) in [6, 6.07) is 10.2. The lowest BCUT2D eigenvalue weighted by Gasteiger charge is -2.24. The van der Waals surface area contributed by atoms with Gasteiger partial charge in [-0.25, -0.2) is 8.42 Å². The largest absolute Gasteiger partial charge is 0.497 e. The number of methoxy groups -OCH3 is 2. The van der Waals surface area contributed by atoms with Gasteiger partial charge < -0.3 is 14.8 Å². The monoisotopic (exact) mass is 448 g/mol. The van der Waals surface area contributed by atoms with Crippen molar-refractivity contribution in [3.63, 3.8) is 0 Å². The molecule has 2 aromatic rings. The number of hydrogen-bond donors (Lipinski definition) is 1. The highest BCUT2D eigenvalue weighted by molar-refractivity contribution is 7.92. The molecule has 0 aromatic heterocycles. The number of benzene rings is 2. The third-order valence-corrected chi connectivity index (χ3v) is 6.27. The van der Waals surface area contributed by atoms with Crippen LogP contribution in [0.15, 0.2) is 36.4 Å². The Morgan fingerprint density at radius 2 is 1.65 bits per heavy atom. The number of carbonyl (C=O) groups is 1. The Kier molecular flexibility index (Phi) is 7.95. The number of amides is 1. The van der Waals surface area contributed by atoms with Crippen LogP contribution >= 0.6 is 0 Å². The van der Waals surface area contributed by atoms with Crippen molar-refractivity contribution in [2.24, 2.45) is 0 Å². The first-order chi connectivity index (χ1) is 14.5. The lowest BCUT2D eigenvalue weighted by Crippen LogP contribution is -2.41. The van der Waals surface area contributed by atoms with E-state index in [4.69, 9.17) is 9.47 Å². The van der Waals surface area contributed by atoms with Crippen molar-refractivity contribution < 1.29 is 22.7 Å². The minimum atomic E-state index is -3.65. The van der Waals surface area contributed by atoms with E-state index in [0.29, 0.717) is 11.4 Å². The predicted molar refractivity (Wildman–Crippen MR) is 124 cm³/mol. The van der Waals surface area contributed by atoms with Crippen LogP contribution in [0, 0.1) is 6.92 Å². The van der Waals surface area contributed by atoms with E-state index >= 15 is 0 Å². The number of carbonyl (C=O) groups excluding carboxylic acids is 1. The third-order valence-electron chi connectivity index (χ3n) is 5.13. The number of sulfonamides is 1. The smallest absolute Gasteiger partial charge is 0.241 e. The minimum Gasteiger partial charge on any atom is -0.497 e. The van der Waals surface area contributed by atoms with Crippen LogP contribution in [-0.2, 0) is 14.8 Å². The zero-order valence-corrected chi connectivity index (χ0v) is 20.0. The Morgan fingerprint density at radius 1 is 1.03 bits per heavy atom. The molecule has 1 atom stereocenters. The number of nitrogens with zero attached hydrogens (tertiary/aromatic N) is 1. The van der Waals surface area contributed by atoms with Gasteiger partial charge in [-0.05, 0) is 72.9 Å². The van der Waals surface area contributed by atoms with Crippen LogP contribution in [-0.4, -0.2) is 41.3 Å². The zero-order chi connectivity index (χ0) is 23.3. The SMILES string of the molecule is COc1ccc(N(CC(=O)N[C@@H](C)c2cc(C(C)C)c(OC)cc2C)S(C)(=O)=O)cc1. The van der Waals surface area contributed by atoms with Crippen molar-refractivity contribution in [2.45, 2.75) is 39.7 Å². The highest BCUT2D eigenvalue weighted by atomic mass is 32.2. The highest BCUT2D eigenvalue weighted by Gasteiger charge is 2.23. The van der Waals surface area contributed by atoms with Crippen LogP contribution < -0.4 is 19.1 Å². The maximum absolute atomic E-state index is 12.8. The molecule has 1 N–H and O–H groups in total. The second-order valence-corrected chi connectivity index (χ2v) is 9.77. The average molecular weight is 449 g/mol. The number of rotatable bonds is 9. The second kappa shape index (κ2) is 10.0. The molecule has 0 heterocycles. The molecular formula is C23H32N2O5S. The van der Waals surface area contributed by atoms with Crippen LogP contribution in [0.1, 0.15) is 49.4 Å². The van der Waals surface area contributed by atoms with Crippen LogP contribution in [0.25, 0.3) is 0 Å². The Hall–Kier alpha value is -2.74.